The van der Waals surface area contributed by atoms with Crippen LogP contribution < -0.4 is 5.32 Å². The monoisotopic (exact) mass is 293 g/mol. The highest BCUT2D eigenvalue weighted by molar-refractivity contribution is 5.90. The van der Waals surface area contributed by atoms with Gasteiger partial charge in [0.25, 0.3) is 5.91 Å². The van der Waals surface area contributed by atoms with Crippen molar-refractivity contribution in [3.63, 3.8) is 0 Å². The van der Waals surface area contributed by atoms with Gasteiger partial charge in [-0.05, 0) is 36.8 Å². The Morgan fingerprint density at radius 2 is 1.86 bits per heavy atom. The number of pyridine rings is 1. The Hall–Kier alpha value is -3.02. The average molecular weight is 293 g/mol. The summed E-state index contributed by atoms with van der Waals surface area (Å²) in [5, 5.41) is 7.08. The molecule has 1 amide bonds. The molecule has 0 saturated heterocycles. The van der Waals surface area contributed by atoms with Crippen molar-refractivity contribution in [2.45, 2.75) is 13.5 Å². The lowest BCUT2D eigenvalue weighted by Crippen LogP contribution is -2.24. The van der Waals surface area contributed by atoms with Gasteiger partial charge in [-0.15, -0.1) is 5.10 Å². The van der Waals surface area contributed by atoms with Gasteiger partial charge in [0.05, 0.1) is 5.69 Å². The largest absolute Gasteiger partial charge is 0.345 e. The minimum Gasteiger partial charge on any atom is -0.345 e. The molecule has 110 valence electrons. The summed E-state index contributed by atoms with van der Waals surface area (Å²) < 4.78 is 1.65. The molecule has 0 unspecified atom stereocenters. The summed E-state index contributed by atoms with van der Waals surface area (Å²) >= 11 is 0. The molecule has 0 aliphatic carbocycles. The highest BCUT2D eigenvalue weighted by atomic mass is 16.2. The maximum absolute atomic E-state index is 12.1. The number of nitrogens with zero attached hydrogens (tertiary/aromatic N) is 4. The van der Waals surface area contributed by atoms with Crippen molar-refractivity contribution in [2.24, 2.45) is 0 Å². The van der Waals surface area contributed by atoms with Gasteiger partial charge in [-0.25, -0.2) is 9.67 Å². The quantitative estimate of drug-likeness (QED) is 0.797. The molecule has 22 heavy (non-hydrogen) atoms. The van der Waals surface area contributed by atoms with Gasteiger partial charge < -0.3 is 5.32 Å². The molecule has 6 nitrogen and oxygen atoms in total. The van der Waals surface area contributed by atoms with E-state index in [0.29, 0.717) is 12.4 Å². The zero-order chi connectivity index (χ0) is 15.4. The lowest BCUT2D eigenvalue weighted by atomic mass is 10.3. The van der Waals surface area contributed by atoms with Crippen molar-refractivity contribution in [2.75, 3.05) is 0 Å². The van der Waals surface area contributed by atoms with Gasteiger partial charge in [0.1, 0.15) is 5.82 Å². The molecule has 0 bridgehead atoms. The fourth-order valence-corrected chi connectivity index (χ4v) is 2.06. The van der Waals surface area contributed by atoms with Crippen LogP contribution in [0, 0.1) is 6.92 Å². The van der Waals surface area contributed by atoms with Crippen LogP contribution in [-0.2, 0) is 6.54 Å². The Morgan fingerprint density at radius 3 is 2.59 bits per heavy atom. The molecular formula is C16H15N5O. The Morgan fingerprint density at radius 1 is 1.14 bits per heavy atom. The van der Waals surface area contributed by atoms with E-state index in [9.17, 15) is 4.79 Å². The maximum Gasteiger partial charge on any atom is 0.291 e. The van der Waals surface area contributed by atoms with Gasteiger partial charge >= 0.3 is 0 Å². The van der Waals surface area contributed by atoms with E-state index in [0.717, 1.165) is 11.3 Å². The van der Waals surface area contributed by atoms with E-state index in [-0.39, 0.29) is 11.7 Å². The number of aryl methyl sites for hydroxylation is 1. The first-order valence-electron chi connectivity index (χ1n) is 6.90. The van der Waals surface area contributed by atoms with Gasteiger partial charge in [0, 0.05) is 18.9 Å². The lowest BCUT2D eigenvalue weighted by molar-refractivity contribution is 0.0940. The molecule has 1 N–H and O–H groups in total. The number of carbonyl (C=O) groups excluding carboxylic acids is 1. The van der Waals surface area contributed by atoms with Crippen LogP contribution in [0.4, 0.5) is 0 Å². The van der Waals surface area contributed by atoms with Crippen LogP contribution in [0.1, 0.15) is 22.0 Å². The highest BCUT2D eigenvalue weighted by Gasteiger charge is 2.14. The molecule has 0 aliphatic heterocycles. The first kappa shape index (κ1) is 13.9. The molecule has 2 heterocycles. The fourth-order valence-electron chi connectivity index (χ4n) is 2.06. The summed E-state index contributed by atoms with van der Waals surface area (Å²) in [6, 6.07) is 13.3. The summed E-state index contributed by atoms with van der Waals surface area (Å²) in [6.07, 6.45) is 3.38. The Labute approximate surface area is 127 Å². The highest BCUT2D eigenvalue weighted by Crippen LogP contribution is 2.08. The van der Waals surface area contributed by atoms with Gasteiger partial charge in [-0.1, -0.05) is 18.2 Å². The topological polar surface area (TPSA) is 72.7 Å². The molecule has 6 heteroatoms. The SMILES string of the molecule is Cc1nc(C(=O)NCc2ccncc2)nn1-c1ccccc1. The van der Waals surface area contributed by atoms with Gasteiger partial charge in [-0.2, -0.15) is 0 Å². The average Bonchev–Trinajstić information content (AvgIpc) is 2.96. The van der Waals surface area contributed by atoms with Gasteiger partial charge in [0.15, 0.2) is 0 Å². The molecule has 0 fully saturated rings. The second kappa shape index (κ2) is 6.17. The number of hydrogen-bond donors (Lipinski definition) is 1. The molecule has 0 saturated carbocycles. The third kappa shape index (κ3) is 3.01. The number of nitrogens with one attached hydrogen (secondary N) is 1. The molecule has 0 aliphatic rings. The van der Waals surface area contributed by atoms with E-state index in [1.54, 1.807) is 17.1 Å². The van der Waals surface area contributed by atoms with Crippen molar-refractivity contribution >= 4 is 5.91 Å². The maximum atomic E-state index is 12.1. The number of amides is 1. The number of para-hydroxylation sites is 1. The minimum atomic E-state index is -0.297. The normalized spacial score (nSPS) is 10.4. The van der Waals surface area contributed by atoms with Crippen LogP contribution in [0.5, 0.6) is 0 Å². The van der Waals surface area contributed by atoms with E-state index in [1.165, 1.54) is 0 Å². The third-order valence-electron chi connectivity index (χ3n) is 3.18. The number of rotatable bonds is 4. The van der Waals surface area contributed by atoms with Crippen LogP contribution >= 0.6 is 0 Å². The van der Waals surface area contributed by atoms with Gasteiger partial charge in [0.2, 0.25) is 5.82 Å². The molecule has 0 atom stereocenters. The first-order valence-corrected chi connectivity index (χ1v) is 6.90. The zero-order valence-electron chi connectivity index (χ0n) is 12.1. The number of benzene rings is 1. The molecule has 3 aromatic rings. The summed E-state index contributed by atoms with van der Waals surface area (Å²) in [7, 11) is 0. The van der Waals surface area contributed by atoms with E-state index in [1.807, 2.05) is 49.4 Å². The number of aromatic nitrogens is 4. The second-order valence-electron chi connectivity index (χ2n) is 4.77. The summed E-state index contributed by atoms with van der Waals surface area (Å²) in [5.74, 6) is 0.533. The Kier molecular flexibility index (Phi) is 3.91. The van der Waals surface area contributed by atoms with Crippen molar-refractivity contribution in [3.05, 3.63) is 72.1 Å². The van der Waals surface area contributed by atoms with E-state index >= 15 is 0 Å². The van der Waals surface area contributed by atoms with Gasteiger partial charge in [-0.3, -0.25) is 9.78 Å². The van der Waals surface area contributed by atoms with E-state index in [2.05, 4.69) is 20.4 Å². The van der Waals surface area contributed by atoms with Crippen molar-refractivity contribution in [3.8, 4) is 5.69 Å². The molecule has 1 aromatic carbocycles. The minimum absolute atomic E-state index is 0.162. The fraction of sp³-hybridized carbons (Fsp3) is 0.125. The third-order valence-corrected chi connectivity index (χ3v) is 3.18. The van der Waals surface area contributed by atoms with E-state index in [4.69, 9.17) is 0 Å². The Balaban J connectivity index is 1.74. The Bertz CT molecular complexity index is 768. The number of hydrogen-bond acceptors (Lipinski definition) is 4. The molecule has 2 aromatic heterocycles. The first-order chi connectivity index (χ1) is 10.7. The smallest absolute Gasteiger partial charge is 0.291 e. The van der Waals surface area contributed by atoms with Crippen LogP contribution in [0.25, 0.3) is 5.69 Å². The zero-order valence-corrected chi connectivity index (χ0v) is 12.1. The van der Waals surface area contributed by atoms with Crippen LogP contribution in [-0.4, -0.2) is 25.7 Å². The molecule has 3 rings (SSSR count). The van der Waals surface area contributed by atoms with Crippen LogP contribution in [0.15, 0.2) is 54.9 Å². The summed E-state index contributed by atoms with van der Waals surface area (Å²) in [6.45, 7) is 2.24. The summed E-state index contributed by atoms with van der Waals surface area (Å²) in [5.41, 5.74) is 1.85. The van der Waals surface area contributed by atoms with Crippen LogP contribution in [0.2, 0.25) is 0 Å². The second-order valence-corrected chi connectivity index (χ2v) is 4.77. The summed E-state index contributed by atoms with van der Waals surface area (Å²) in [4.78, 5) is 20.3. The van der Waals surface area contributed by atoms with Crippen molar-refractivity contribution < 1.29 is 4.79 Å². The van der Waals surface area contributed by atoms with Crippen LogP contribution in [0.3, 0.4) is 0 Å². The van der Waals surface area contributed by atoms with E-state index < -0.39 is 0 Å². The molecular weight excluding hydrogens is 278 g/mol. The van der Waals surface area contributed by atoms with Crippen molar-refractivity contribution in [1.82, 2.24) is 25.1 Å². The predicted octanol–water partition coefficient (Wildman–Crippen LogP) is 1.90. The number of carbonyl (C=O) groups is 1. The lowest BCUT2D eigenvalue weighted by Gasteiger charge is -2.02. The standard InChI is InChI=1S/C16H15N5O/c1-12-19-15(20-21(12)14-5-3-2-4-6-14)16(22)18-11-13-7-9-17-10-8-13/h2-10H,11H2,1H3,(H,18,22). The molecule has 0 spiro atoms. The van der Waals surface area contributed by atoms with Crippen molar-refractivity contribution in [1.29, 1.82) is 0 Å². The predicted molar refractivity (Wildman–Crippen MR) is 81.5 cm³/mol. The molecule has 0 radical (unpaired) electrons.